The van der Waals surface area contributed by atoms with Gasteiger partial charge < -0.3 is 4.74 Å². The Kier molecular flexibility index (Phi) is 6.11. The lowest BCUT2D eigenvalue weighted by atomic mass is 10.0. The normalized spacial score (nSPS) is 14.0. The molecule has 0 aliphatic heterocycles. The van der Waals surface area contributed by atoms with E-state index in [9.17, 15) is 4.79 Å². The number of halogens is 3. The van der Waals surface area contributed by atoms with Crippen molar-refractivity contribution >= 4 is 63.3 Å². The highest BCUT2D eigenvalue weighted by Gasteiger charge is 2.27. The molecule has 0 amide bonds. The number of ether oxygens (including phenoxy) is 1. The van der Waals surface area contributed by atoms with Gasteiger partial charge >= 0.3 is 5.97 Å². The van der Waals surface area contributed by atoms with Crippen LogP contribution in [0.2, 0.25) is 15.1 Å². The van der Waals surface area contributed by atoms with Crippen LogP contribution in [0, 0.1) is 0 Å². The maximum atomic E-state index is 13.3. The molecule has 1 aliphatic rings. The van der Waals surface area contributed by atoms with E-state index in [0.29, 0.717) is 27.1 Å². The summed E-state index contributed by atoms with van der Waals surface area (Å²) in [6.45, 7) is 0.150. The first-order valence-corrected chi connectivity index (χ1v) is 11.6. The topological polar surface area (TPSA) is 39.2 Å². The zero-order valence-corrected chi connectivity index (χ0v) is 19.7. The van der Waals surface area contributed by atoms with Crippen molar-refractivity contribution in [2.75, 3.05) is 0 Å². The van der Waals surface area contributed by atoms with Crippen LogP contribution in [-0.4, -0.2) is 11.0 Å². The Bertz CT molecular complexity index is 1430. The van der Waals surface area contributed by atoms with E-state index in [2.05, 4.69) is 6.08 Å². The van der Waals surface area contributed by atoms with Crippen LogP contribution in [0.15, 0.2) is 66.7 Å². The number of para-hydroxylation sites is 1. The molecule has 0 radical (unpaired) electrons. The molecule has 0 saturated carbocycles. The van der Waals surface area contributed by atoms with Crippen molar-refractivity contribution in [2.45, 2.75) is 19.4 Å². The zero-order valence-electron chi connectivity index (χ0n) is 17.4. The molecule has 1 heterocycles. The maximum Gasteiger partial charge on any atom is 0.339 e. The quantitative estimate of drug-likeness (QED) is 0.269. The van der Waals surface area contributed by atoms with Crippen molar-refractivity contribution in [1.82, 2.24) is 4.98 Å². The van der Waals surface area contributed by atoms with Crippen molar-refractivity contribution in [3.05, 3.63) is 110 Å². The third kappa shape index (κ3) is 4.49. The van der Waals surface area contributed by atoms with Crippen molar-refractivity contribution < 1.29 is 9.53 Å². The average Bonchev–Trinajstić information content (AvgIpc) is 3.20. The summed E-state index contributed by atoms with van der Waals surface area (Å²) in [7, 11) is 0. The molecule has 0 fully saturated rings. The van der Waals surface area contributed by atoms with Crippen LogP contribution in [0.3, 0.4) is 0 Å². The lowest BCUT2D eigenvalue weighted by molar-refractivity contribution is 0.0474. The lowest BCUT2D eigenvalue weighted by Gasteiger charge is -2.12. The summed E-state index contributed by atoms with van der Waals surface area (Å²) >= 11 is 18.3. The molecule has 0 atom stereocenters. The van der Waals surface area contributed by atoms with Crippen LogP contribution < -0.4 is 0 Å². The Hall–Kier alpha value is -2.85. The molecule has 0 saturated heterocycles. The van der Waals surface area contributed by atoms with Crippen molar-refractivity contribution in [1.29, 1.82) is 0 Å². The summed E-state index contributed by atoms with van der Waals surface area (Å²) < 4.78 is 5.71. The first-order chi connectivity index (χ1) is 16.0. The first-order valence-electron chi connectivity index (χ1n) is 10.5. The van der Waals surface area contributed by atoms with Crippen molar-refractivity contribution in [3.63, 3.8) is 0 Å². The number of nitrogens with zero attached hydrogens (tertiary/aromatic N) is 1. The lowest BCUT2D eigenvalue weighted by Crippen LogP contribution is -2.10. The molecule has 164 valence electrons. The van der Waals surface area contributed by atoms with Crippen molar-refractivity contribution in [2.24, 2.45) is 0 Å². The van der Waals surface area contributed by atoms with Crippen molar-refractivity contribution in [3.8, 4) is 0 Å². The third-order valence-corrected chi connectivity index (χ3v) is 6.66. The van der Waals surface area contributed by atoms with Gasteiger partial charge in [-0.25, -0.2) is 9.78 Å². The molecule has 33 heavy (non-hydrogen) atoms. The number of benzene rings is 3. The van der Waals surface area contributed by atoms with Gasteiger partial charge in [0, 0.05) is 10.4 Å². The highest BCUT2D eigenvalue weighted by atomic mass is 35.5. The summed E-state index contributed by atoms with van der Waals surface area (Å²) in [6.07, 6.45) is 3.53. The molecule has 3 aromatic carbocycles. The zero-order chi connectivity index (χ0) is 22.9. The second-order valence-corrected chi connectivity index (χ2v) is 9.13. The van der Waals surface area contributed by atoms with Crippen LogP contribution in [0.25, 0.3) is 22.6 Å². The van der Waals surface area contributed by atoms with Gasteiger partial charge in [-0.3, -0.25) is 0 Å². The minimum atomic E-state index is -0.361. The van der Waals surface area contributed by atoms with Gasteiger partial charge in [0.2, 0.25) is 0 Å². The van der Waals surface area contributed by atoms with E-state index in [0.717, 1.165) is 45.3 Å². The van der Waals surface area contributed by atoms with Gasteiger partial charge in [0.15, 0.2) is 0 Å². The van der Waals surface area contributed by atoms with E-state index >= 15 is 0 Å². The molecule has 6 heteroatoms. The molecule has 0 bridgehead atoms. The molecule has 5 rings (SSSR count). The van der Waals surface area contributed by atoms with Gasteiger partial charge in [-0.15, -0.1) is 0 Å². The predicted octanol–water partition coefficient (Wildman–Crippen LogP) is 8.04. The molecule has 1 aliphatic carbocycles. The second-order valence-electron chi connectivity index (χ2n) is 7.88. The van der Waals surface area contributed by atoms with Crippen LogP contribution >= 0.6 is 34.8 Å². The Morgan fingerprint density at radius 3 is 2.61 bits per heavy atom. The van der Waals surface area contributed by atoms with E-state index in [4.69, 9.17) is 44.5 Å². The largest absolute Gasteiger partial charge is 0.457 e. The molecule has 0 spiro atoms. The predicted molar refractivity (Wildman–Crippen MR) is 135 cm³/mol. The molecule has 1 aromatic heterocycles. The average molecular weight is 495 g/mol. The van der Waals surface area contributed by atoms with Crippen LogP contribution in [-0.2, 0) is 17.8 Å². The van der Waals surface area contributed by atoms with Gasteiger partial charge in [0.1, 0.15) is 6.61 Å². The van der Waals surface area contributed by atoms with E-state index in [1.807, 2.05) is 48.5 Å². The fourth-order valence-electron chi connectivity index (χ4n) is 4.16. The van der Waals surface area contributed by atoms with E-state index < -0.39 is 0 Å². The number of carbonyl (C=O) groups excluding carboxylic acids is 1. The van der Waals surface area contributed by atoms with Gasteiger partial charge in [-0.2, -0.15) is 0 Å². The summed E-state index contributed by atoms with van der Waals surface area (Å²) in [5, 5.41) is 2.42. The number of carbonyl (C=O) groups is 1. The smallest absolute Gasteiger partial charge is 0.339 e. The number of rotatable bonds is 4. The van der Waals surface area contributed by atoms with Gasteiger partial charge in [-0.05, 0) is 71.5 Å². The fraction of sp³-hybridized carbons (Fsp3) is 0.111. The molecule has 3 nitrogen and oxygen atoms in total. The molecule has 0 N–H and O–H groups in total. The number of fused-ring (bicyclic) bond motifs is 2. The highest BCUT2D eigenvalue weighted by Crippen LogP contribution is 2.38. The standard InChI is InChI=1S/C27H18Cl3NO2/c28-19-5-3-4-17(13-19)15-33-27(32)25-20-6-1-2-7-24(20)31-26-18(9-10-21(25)26)12-16-8-11-22(29)23(30)14-16/h1-8,11-14H,9-10,15H2/b18-12+. The second kappa shape index (κ2) is 9.18. The Balaban J connectivity index is 1.55. The van der Waals surface area contributed by atoms with Crippen LogP contribution in [0.5, 0.6) is 0 Å². The number of hydrogen-bond donors (Lipinski definition) is 0. The van der Waals surface area contributed by atoms with Gasteiger partial charge in [0.05, 0.1) is 26.8 Å². The minimum Gasteiger partial charge on any atom is -0.457 e. The summed E-state index contributed by atoms with van der Waals surface area (Å²) in [5.41, 5.74) is 5.91. The van der Waals surface area contributed by atoms with Crippen LogP contribution in [0.4, 0.5) is 0 Å². The summed E-state index contributed by atoms with van der Waals surface area (Å²) in [5.74, 6) is -0.361. The molecular weight excluding hydrogens is 477 g/mol. The third-order valence-electron chi connectivity index (χ3n) is 5.69. The Labute approximate surface area is 206 Å². The van der Waals surface area contributed by atoms with Gasteiger partial charge in [-0.1, -0.05) is 71.2 Å². The number of allylic oxidation sites excluding steroid dienone is 1. The van der Waals surface area contributed by atoms with Gasteiger partial charge in [0.25, 0.3) is 0 Å². The van der Waals surface area contributed by atoms with E-state index in [-0.39, 0.29) is 12.6 Å². The molecule has 4 aromatic rings. The van der Waals surface area contributed by atoms with Crippen LogP contribution in [0.1, 0.15) is 39.2 Å². The SMILES string of the molecule is O=C(OCc1cccc(Cl)c1)c1c2c(nc3ccccc13)/C(=C/c1ccc(Cl)c(Cl)c1)CC2. The fourth-order valence-corrected chi connectivity index (χ4v) is 4.68. The Morgan fingerprint density at radius 2 is 1.79 bits per heavy atom. The summed E-state index contributed by atoms with van der Waals surface area (Å²) in [4.78, 5) is 18.2. The first kappa shape index (κ1) is 22.0. The Morgan fingerprint density at radius 1 is 0.939 bits per heavy atom. The van der Waals surface area contributed by atoms with E-state index in [1.54, 1.807) is 18.2 Å². The number of aromatic nitrogens is 1. The molecule has 0 unspecified atom stereocenters. The summed E-state index contributed by atoms with van der Waals surface area (Å²) in [6, 6.07) is 20.5. The molecular formula is C27H18Cl3NO2. The van der Waals surface area contributed by atoms with E-state index in [1.165, 1.54) is 0 Å². The number of esters is 1. The minimum absolute atomic E-state index is 0.150. The monoisotopic (exact) mass is 493 g/mol. The maximum absolute atomic E-state index is 13.3. The number of pyridine rings is 1. The number of hydrogen-bond acceptors (Lipinski definition) is 3. The highest BCUT2D eigenvalue weighted by molar-refractivity contribution is 6.42.